The molecule has 2 N–H and O–H groups in total. The molecule has 1 aromatic rings. The summed E-state index contributed by atoms with van der Waals surface area (Å²) < 4.78 is 39.0. The number of hydrogen-bond acceptors (Lipinski definition) is 4. The maximum Gasteiger partial charge on any atom is 0.240 e. The van der Waals surface area contributed by atoms with Crippen LogP contribution in [0.1, 0.15) is 25.3 Å². The molecule has 0 radical (unpaired) electrons. The Balaban J connectivity index is 2.86. The van der Waals surface area contributed by atoms with Crippen molar-refractivity contribution in [2.75, 3.05) is 6.54 Å². The molecule has 0 aliphatic heterocycles. The van der Waals surface area contributed by atoms with E-state index in [-0.39, 0.29) is 17.0 Å². The van der Waals surface area contributed by atoms with Crippen molar-refractivity contribution in [3.63, 3.8) is 0 Å². The van der Waals surface area contributed by atoms with Gasteiger partial charge < -0.3 is 5.11 Å². The Morgan fingerprint density at radius 1 is 1.53 bits per heavy atom. The Morgan fingerprint density at radius 2 is 2.21 bits per heavy atom. The topological polar surface area (TPSA) is 90.2 Å². The van der Waals surface area contributed by atoms with Crippen LogP contribution in [0.25, 0.3) is 0 Å². The molecule has 1 rings (SSSR count). The predicted octanol–water partition coefficient (Wildman–Crippen LogP) is 1.14. The van der Waals surface area contributed by atoms with Crippen LogP contribution < -0.4 is 4.72 Å². The second-order valence-electron chi connectivity index (χ2n) is 4.05. The molecule has 1 unspecified atom stereocenters. The van der Waals surface area contributed by atoms with E-state index >= 15 is 0 Å². The smallest absolute Gasteiger partial charge is 0.240 e. The Bertz CT molecular complexity index is 581. The van der Waals surface area contributed by atoms with Crippen molar-refractivity contribution in [3.8, 4) is 6.07 Å². The molecule has 0 bridgehead atoms. The standard InChI is InChI=1S/C12H15FN2O3S/c1-2-3-10(16)8-15-19(17,18)11-4-5-12(13)9(6-11)7-14/h4-6,10,15-16H,2-3,8H2,1H3. The Labute approximate surface area is 111 Å². The fraction of sp³-hybridized carbons (Fsp3) is 0.417. The lowest BCUT2D eigenvalue weighted by atomic mass is 10.2. The van der Waals surface area contributed by atoms with Crippen LogP contribution in [0.4, 0.5) is 4.39 Å². The zero-order valence-corrected chi connectivity index (χ0v) is 11.2. The molecule has 0 saturated heterocycles. The molecule has 1 aromatic carbocycles. The number of nitrogens with one attached hydrogen (secondary N) is 1. The number of nitrogens with zero attached hydrogens (tertiary/aromatic N) is 1. The highest BCUT2D eigenvalue weighted by molar-refractivity contribution is 7.89. The lowest BCUT2D eigenvalue weighted by Gasteiger charge is -2.11. The number of halogens is 1. The Kier molecular flexibility index (Phi) is 5.42. The molecule has 5 nitrogen and oxygen atoms in total. The van der Waals surface area contributed by atoms with E-state index in [4.69, 9.17) is 5.26 Å². The van der Waals surface area contributed by atoms with Crippen molar-refractivity contribution in [1.82, 2.24) is 4.72 Å². The molecule has 1 atom stereocenters. The minimum atomic E-state index is -3.85. The van der Waals surface area contributed by atoms with E-state index in [1.807, 2.05) is 6.92 Å². The van der Waals surface area contributed by atoms with Crippen LogP contribution >= 0.6 is 0 Å². The van der Waals surface area contributed by atoms with Crippen molar-refractivity contribution in [1.29, 1.82) is 5.26 Å². The maximum atomic E-state index is 13.1. The number of benzene rings is 1. The average Bonchev–Trinajstić information content (AvgIpc) is 2.37. The van der Waals surface area contributed by atoms with Crippen LogP contribution in [0.3, 0.4) is 0 Å². The van der Waals surface area contributed by atoms with Crippen LogP contribution in [0.2, 0.25) is 0 Å². The Morgan fingerprint density at radius 3 is 2.79 bits per heavy atom. The molecule has 0 heterocycles. The summed E-state index contributed by atoms with van der Waals surface area (Å²) in [6, 6.07) is 4.54. The third-order valence-electron chi connectivity index (χ3n) is 2.50. The fourth-order valence-electron chi connectivity index (χ4n) is 1.48. The second-order valence-corrected chi connectivity index (χ2v) is 5.81. The maximum absolute atomic E-state index is 13.1. The summed E-state index contributed by atoms with van der Waals surface area (Å²) in [5, 5.41) is 18.1. The largest absolute Gasteiger partial charge is 0.392 e. The lowest BCUT2D eigenvalue weighted by molar-refractivity contribution is 0.167. The van der Waals surface area contributed by atoms with Crippen molar-refractivity contribution in [2.24, 2.45) is 0 Å². The molecular formula is C12H15FN2O3S. The molecule has 0 spiro atoms. The molecule has 0 aromatic heterocycles. The highest BCUT2D eigenvalue weighted by Gasteiger charge is 2.17. The van der Waals surface area contributed by atoms with Crippen molar-refractivity contribution in [3.05, 3.63) is 29.6 Å². The van der Waals surface area contributed by atoms with Gasteiger partial charge in [0.25, 0.3) is 0 Å². The third-order valence-corrected chi connectivity index (χ3v) is 3.92. The van der Waals surface area contributed by atoms with Crippen molar-refractivity contribution in [2.45, 2.75) is 30.8 Å². The first kappa shape index (κ1) is 15.6. The second kappa shape index (κ2) is 6.61. The highest BCUT2D eigenvalue weighted by atomic mass is 32.2. The first-order chi connectivity index (χ1) is 8.90. The molecule has 19 heavy (non-hydrogen) atoms. The van der Waals surface area contributed by atoms with Gasteiger partial charge in [0.2, 0.25) is 10.0 Å². The summed E-state index contributed by atoms with van der Waals surface area (Å²) in [6.07, 6.45) is 0.448. The third kappa shape index (κ3) is 4.28. The lowest BCUT2D eigenvalue weighted by Crippen LogP contribution is -2.32. The van der Waals surface area contributed by atoms with Gasteiger partial charge in [-0.25, -0.2) is 17.5 Å². The number of rotatable bonds is 6. The van der Waals surface area contributed by atoms with Gasteiger partial charge in [0.1, 0.15) is 11.9 Å². The Hall–Kier alpha value is -1.49. The molecular weight excluding hydrogens is 271 g/mol. The SMILES string of the molecule is CCCC(O)CNS(=O)(=O)c1ccc(F)c(C#N)c1. The van der Waals surface area contributed by atoms with Crippen LogP contribution in [0.15, 0.2) is 23.1 Å². The van der Waals surface area contributed by atoms with Gasteiger partial charge in [-0.3, -0.25) is 0 Å². The normalized spacial score (nSPS) is 12.9. The summed E-state index contributed by atoms with van der Waals surface area (Å²) in [7, 11) is -3.85. The molecule has 0 fully saturated rings. The van der Waals surface area contributed by atoms with Crippen LogP contribution in [0.5, 0.6) is 0 Å². The zero-order valence-electron chi connectivity index (χ0n) is 10.4. The van der Waals surface area contributed by atoms with Crippen LogP contribution in [-0.4, -0.2) is 26.2 Å². The predicted molar refractivity (Wildman–Crippen MR) is 67.2 cm³/mol. The van der Waals surface area contributed by atoms with E-state index in [1.165, 1.54) is 0 Å². The van der Waals surface area contributed by atoms with E-state index in [2.05, 4.69) is 4.72 Å². The van der Waals surface area contributed by atoms with Crippen LogP contribution in [0, 0.1) is 17.1 Å². The number of aliphatic hydroxyl groups excluding tert-OH is 1. The van der Waals surface area contributed by atoms with Crippen molar-refractivity contribution < 1.29 is 17.9 Å². The number of aliphatic hydroxyl groups is 1. The summed E-state index contributed by atoms with van der Waals surface area (Å²) in [6.45, 7) is 1.76. The van der Waals surface area contributed by atoms with Gasteiger partial charge in [0, 0.05) is 6.54 Å². The van der Waals surface area contributed by atoms with Gasteiger partial charge in [-0.15, -0.1) is 0 Å². The molecule has 7 heteroatoms. The molecule has 0 amide bonds. The van der Waals surface area contributed by atoms with Gasteiger partial charge in [-0.1, -0.05) is 13.3 Å². The first-order valence-electron chi connectivity index (χ1n) is 5.78. The van der Waals surface area contributed by atoms with Gasteiger partial charge in [-0.2, -0.15) is 5.26 Å². The van der Waals surface area contributed by atoms with Crippen LogP contribution in [-0.2, 0) is 10.0 Å². The van der Waals surface area contributed by atoms with Gasteiger partial charge in [0.05, 0.1) is 16.6 Å². The monoisotopic (exact) mass is 286 g/mol. The minimum Gasteiger partial charge on any atom is -0.392 e. The molecule has 104 valence electrons. The van der Waals surface area contributed by atoms with Gasteiger partial charge in [0.15, 0.2) is 0 Å². The van der Waals surface area contributed by atoms with E-state index in [9.17, 15) is 17.9 Å². The van der Waals surface area contributed by atoms with Gasteiger partial charge >= 0.3 is 0 Å². The molecule has 0 aliphatic rings. The molecule has 0 saturated carbocycles. The zero-order chi connectivity index (χ0) is 14.5. The number of hydrogen-bond donors (Lipinski definition) is 2. The average molecular weight is 286 g/mol. The number of nitriles is 1. The highest BCUT2D eigenvalue weighted by Crippen LogP contribution is 2.14. The summed E-state index contributed by atoms with van der Waals surface area (Å²) >= 11 is 0. The van der Waals surface area contributed by atoms with Crippen molar-refractivity contribution >= 4 is 10.0 Å². The fourth-order valence-corrected chi connectivity index (χ4v) is 2.58. The summed E-state index contributed by atoms with van der Waals surface area (Å²) in [5.41, 5.74) is -0.336. The van der Waals surface area contributed by atoms with E-state index in [0.717, 1.165) is 24.6 Å². The minimum absolute atomic E-state index is 0.116. The van der Waals surface area contributed by atoms with E-state index < -0.39 is 21.9 Å². The van der Waals surface area contributed by atoms with E-state index in [0.29, 0.717) is 6.42 Å². The van der Waals surface area contributed by atoms with E-state index in [1.54, 1.807) is 6.07 Å². The number of sulfonamides is 1. The summed E-state index contributed by atoms with van der Waals surface area (Å²) in [4.78, 5) is -0.200. The summed E-state index contributed by atoms with van der Waals surface area (Å²) in [5.74, 6) is -0.771. The first-order valence-corrected chi connectivity index (χ1v) is 7.26. The van der Waals surface area contributed by atoms with Gasteiger partial charge in [-0.05, 0) is 24.6 Å². The quantitative estimate of drug-likeness (QED) is 0.820. The molecule has 0 aliphatic carbocycles.